The van der Waals surface area contributed by atoms with Crippen molar-refractivity contribution in [3.63, 3.8) is 0 Å². The van der Waals surface area contributed by atoms with Crippen molar-refractivity contribution in [3.05, 3.63) is 87.7 Å². The van der Waals surface area contributed by atoms with Gasteiger partial charge in [0.1, 0.15) is 4.83 Å². The van der Waals surface area contributed by atoms with Gasteiger partial charge in [0.05, 0.1) is 0 Å². The van der Waals surface area contributed by atoms with Gasteiger partial charge in [0.15, 0.2) is 0 Å². The molecule has 5 heteroatoms. The number of hydrogen-bond donors (Lipinski definition) is 0. The lowest BCUT2D eigenvalue weighted by Crippen LogP contribution is -2.45. The average molecular weight is 390 g/mol. The Morgan fingerprint density at radius 1 is 0.857 bits per heavy atom. The molecule has 1 aliphatic rings. The highest BCUT2D eigenvalue weighted by atomic mass is 32.1. The van der Waals surface area contributed by atoms with Gasteiger partial charge >= 0.3 is 0 Å². The van der Waals surface area contributed by atoms with E-state index in [1.54, 1.807) is 21.8 Å². The first-order valence-electron chi connectivity index (χ1n) is 9.76. The summed E-state index contributed by atoms with van der Waals surface area (Å²) in [6.07, 6.45) is 1.85. The second-order valence-corrected chi connectivity index (χ2v) is 8.43. The van der Waals surface area contributed by atoms with Crippen molar-refractivity contribution in [2.75, 3.05) is 26.2 Å². The molecule has 0 N–H and O–H groups in total. The SMILES string of the molecule is O=c1cc(CN2CCN(Cc3cccc4ccccc34)CC2)cc2sccn12. The zero-order valence-corrected chi connectivity index (χ0v) is 16.6. The Kier molecular flexibility index (Phi) is 4.72. The van der Waals surface area contributed by atoms with Gasteiger partial charge in [0.25, 0.3) is 5.56 Å². The fourth-order valence-corrected chi connectivity index (χ4v) is 4.94. The molecular formula is C23H23N3OS. The molecule has 5 rings (SSSR count). The lowest BCUT2D eigenvalue weighted by molar-refractivity contribution is 0.122. The van der Waals surface area contributed by atoms with E-state index in [2.05, 4.69) is 58.3 Å². The zero-order chi connectivity index (χ0) is 18.9. The maximum atomic E-state index is 12.2. The molecule has 0 atom stereocenters. The molecule has 4 nitrogen and oxygen atoms in total. The molecule has 1 aliphatic heterocycles. The van der Waals surface area contributed by atoms with Crippen LogP contribution in [-0.2, 0) is 13.1 Å². The Morgan fingerprint density at radius 3 is 2.46 bits per heavy atom. The molecular weight excluding hydrogens is 366 g/mol. The van der Waals surface area contributed by atoms with E-state index in [0.717, 1.165) is 49.7 Å². The van der Waals surface area contributed by atoms with Gasteiger partial charge in [0.2, 0.25) is 0 Å². The number of hydrogen-bond acceptors (Lipinski definition) is 4. The first-order valence-corrected chi connectivity index (χ1v) is 10.6. The Balaban J connectivity index is 1.24. The van der Waals surface area contributed by atoms with Gasteiger partial charge in [-0.3, -0.25) is 19.0 Å². The highest BCUT2D eigenvalue weighted by Crippen LogP contribution is 2.21. The summed E-state index contributed by atoms with van der Waals surface area (Å²) in [4.78, 5) is 18.2. The summed E-state index contributed by atoms with van der Waals surface area (Å²) < 4.78 is 1.72. The number of aromatic nitrogens is 1. The molecule has 2 aromatic heterocycles. The summed E-state index contributed by atoms with van der Waals surface area (Å²) in [5.41, 5.74) is 2.60. The van der Waals surface area contributed by atoms with Crippen molar-refractivity contribution in [2.45, 2.75) is 13.1 Å². The third kappa shape index (κ3) is 3.49. The number of thiazole rings is 1. The average Bonchev–Trinajstić information content (AvgIpc) is 3.19. The van der Waals surface area contributed by atoms with Gasteiger partial charge in [-0.2, -0.15) is 0 Å². The van der Waals surface area contributed by atoms with Crippen LogP contribution in [0.3, 0.4) is 0 Å². The number of pyridine rings is 1. The lowest BCUT2D eigenvalue weighted by Gasteiger charge is -2.35. The first-order chi connectivity index (χ1) is 13.8. The van der Waals surface area contributed by atoms with Crippen LogP contribution in [0.1, 0.15) is 11.1 Å². The molecule has 4 aromatic rings. The Hall–Kier alpha value is -2.47. The predicted octanol–water partition coefficient (Wildman–Crippen LogP) is 3.83. The number of piperazine rings is 1. The minimum atomic E-state index is 0.0725. The van der Waals surface area contributed by atoms with Crippen molar-refractivity contribution in [2.24, 2.45) is 0 Å². The molecule has 28 heavy (non-hydrogen) atoms. The zero-order valence-electron chi connectivity index (χ0n) is 15.8. The lowest BCUT2D eigenvalue weighted by atomic mass is 10.0. The van der Waals surface area contributed by atoms with Crippen molar-refractivity contribution in [3.8, 4) is 0 Å². The van der Waals surface area contributed by atoms with Crippen molar-refractivity contribution < 1.29 is 0 Å². The summed E-state index contributed by atoms with van der Waals surface area (Å²) in [6, 6.07) is 19.1. The molecule has 0 amide bonds. The topological polar surface area (TPSA) is 28.0 Å². The van der Waals surface area contributed by atoms with Crippen molar-refractivity contribution >= 4 is 26.9 Å². The molecule has 142 valence electrons. The maximum absolute atomic E-state index is 12.2. The van der Waals surface area contributed by atoms with E-state index in [-0.39, 0.29) is 5.56 Å². The fraction of sp³-hybridized carbons (Fsp3) is 0.261. The van der Waals surface area contributed by atoms with Gasteiger partial charge in [-0.1, -0.05) is 42.5 Å². The quantitative estimate of drug-likeness (QED) is 0.531. The van der Waals surface area contributed by atoms with Crippen LogP contribution in [0.4, 0.5) is 0 Å². The Labute approximate surface area is 168 Å². The molecule has 2 aromatic carbocycles. The molecule has 0 unspecified atom stereocenters. The summed E-state index contributed by atoms with van der Waals surface area (Å²) >= 11 is 1.62. The second-order valence-electron chi connectivity index (χ2n) is 7.50. The Bertz CT molecular complexity index is 1170. The smallest absolute Gasteiger partial charge is 0.256 e. The van der Waals surface area contributed by atoms with E-state index < -0.39 is 0 Å². The monoisotopic (exact) mass is 389 g/mol. The minimum Gasteiger partial charge on any atom is -0.297 e. The highest BCUT2D eigenvalue weighted by Gasteiger charge is 2.18. The number of benzene rings is 2. The van der Waals surface area contributed by atoms with Crippen LogP contribution in [0.5, 0.6) is 0 Å². The molecule has 3 heterocycles. The highest BCUT2D eigenvalue weighted by molar-refractivity contribution is 7.15. The summed E-state index contributed by atoms with van der Waals surface area (Å²) in [6.45, 7) is 6.04. The summed E-state index contributed by atoms with van der Waals surface area (Å²) in [5.74, 6) is 0. The van der Waals surface area contributed by atoms with E-state index in [1.165, 1.54) is 16.3 Å². The molecule has 0 saturated carbocycles. The maximum Gasteiger partial charge on any atom is 0.256 e. The van der Waals surface area contributed by atoms with Crippen LogP contribution < -0.4 is 5.56 Å². The fourth-order valence-electron chi connectivity index (χ4n) is 4.13. The molecule has 0 bridgehead atoms. The Morgan fingerprint density at radius 2 is 1.61 bits per heavy atom. The molecule has 1 fully saturated rings. The van der Waals surface area contributed by atoms with E-state index in [1.807, 2.05) is 11.6 Å². The normalized spacial score (nSPS) is 16.1. The van der Waals surface area contributed by atoms with Crippen molar-refractivity contribution in [1.82, 2.24) is 14.2 Å². The van der Waals surface area contributed by atoms with Crippen LogP contribution >= 0.6 is 11.3 Å². The van der Waals surface area contributed by atoms with Gasteiger partial charge in [0, 0.05) is 56.9 Å². The predicted molar refractivity (Wildman–Crippen MR) is 116 cm³/mol. The van der Waals surface area contributed by atoms with E-state index in [0.29, 0.717) is 0 Å². The standard InChI is InChI=1S/C23H23N3OS/c27-22-14-18(15-23-26(22)12-13-28-23)16-24-8-10-25(11-9-24)17-20-6-3-5-19-4-1-2-7-21(19)20/h1-7,12-15H,8-11,16-17H2. The van der Waals surface area contributed by atoms with Gasteiger partial charge in [-0.05, 0) is 28.0 Å². The molecule has 1 saturated heterocycles. The third-order valence-electron chi connectivity index (χ3n) is 5.64. The molecule has 0 radical (unpaired) electrons. The second kappa shape index (κ2) is 7.51. The summed E-state index contributed by atoms with van der Waals surface area (Å²) in [5, 5.41) is 4.64. The third-order valence-corrected chi connectivity index (χ3v) is 6.45. The summed E-state index contributed by atoms with van der Waals surface area (Å²) in [7, 11) is 0. The van der Waals surface area contributed by atoms with Crippen LogP contribution in [0.15, 0.2) is 71.0 Å². The number of rotatable bonds is 4. The van der Waals surface area contributed by atoms with Crippen molar-refractivity contribution in [1.29, 1.82) is 0 Å². The van der Waals surface area contributed by atoms with E-state index in [4.69, 9.17) is 0 Å². The van der Waals surface area contributed by atoms with Gasteiger partial charge in [-0.15, -0.1) is 11.3 Å². The minimum absolute atomic E-state index is 0.0725. The van der Waals surface area contributed by atoms with Gasteiger partial charge < -0.3 is 0 Å². The number of fused-ring (bicyclic) bond motifs is 2. The van der Waals surface area contributed by atoms with Crippen LogP contribution in [0, 0.1) is 0 Å². The largest absolute Gasteiger partial charge is 0.297 e. The van der Waals surface area contributed by atoms with Crippen LogP contribution in [0.25, 0.3) is 15.6 Å². The van der Waals surface area contributed by atoms with Crippen LogP contribution in [-0.4, -0.2) is 40.4 Å². The van der Waals surface area contributed by atoms with E-state index in [9.17, 15) is 4.79 Å². The van der Waals surface area contributed by atoms with Gasteiger partial charge in [-0.25, -0.2) is 0 Å². The van der Waals surface area contributed by atoms with E-state index >= 15 is 0 Å². The first kappa shape index (κ1) is 17.6. The van der Waals surface area contributed by atoms with Crippen LogP contribution in [0.2, 0.25) is 0 Å². The number of nitrogens with zero attached hydrogens (tertiary/aromatic N) is 3. The molecule has 0 aliphatic carbocycles. The molecule has 0 spiro atoms.